The Morgan fingerprint density at radius 2 is 2.04 bits per heavy atom. The van der Waals surface area contributed by atoms with Gasteiger partial charge in [0.05, 0.1) is 10.8 Å². The van der Waals surface area contributed by atoms with E-state index >= 15 is 0 Å². The highest BCUT2D eigenvalue weighted by Crippen LogP contribution is 2.30. The smallest absolute Gasteiger partial charge is 0.263 e. The first-order chi connectivity index (χ1) is 13.7. The zero-order valence-electron chi connectivity index (χ0n) is 15.7. The molecule has 2 aromatic rings. The van der Waals surface area contributed by atoms with Crippen LogP contribution < -0.4 is 14.8 Å². The summed E-state index contributed by atoms with van der Waals surface area (Å²) in [4.78, 5) is 27.7. The van der Waals surface area contributed by atoms with Crippen LogP contribution in [-0.4, -0.2) is 49.6 Å². The summed E-state index contributed by atoms with van der Waals surface area (Å²) < 4.78 is 11.1. The van der Waals surface area contributed by atoms with Gasteiger partial charge in [-0.15, -0.1) is 11.3 Å². The van der Waals surface area contributed by atoms with E-state index in [1.165, 1.54) is 11.3 Å². The largest absolute Gasteiger partial charge is 0.486 e. The van der Waals surface area contributed by atoms with Crippen LogP contribution in [0.15, 0.2) is 35.7 Å². The highest BCUT2D eigenvalue weighted by atomic mass is 32.1. The Morgan fingerprint density at radius 1 is 1.18 bits per heavy atom. The zero-order valence-corrected chi connectivity index (χ0v) is 16.5. The van der Waals surface area contributed by atoms with Gasteiger partial charge in [-0.25, -0.2) is 0 Å². The van der Waals surface area contributed by atoms with Gasteiger partial charge in [-0.3, -0.25) is 9.59 Å². The number of fused-ring (bicyclic) bond motifs is 1. The summed E-state index contributed by atoms with van der Waals surface area (Å²) in [6.45, 7) is 2.92. The van der Waals surface area contributed by atoms with Crippen molar-refractivity contribution in [3.8, 4) is 11.5 Å². The van der Waals surface area contributed by atoms with Crippen molar-refractivity contribution in [1.29, 1.82) is 0 Å². The number of benzene rings is 1. The molecule has 1 fully saturated rings. The quantitative estimate of drug-likeness (QED) is 0.838. The van der Waals surface area contributed by atoms with E-state index < -0.39 is 0 Å². The Bertz CT molecular complexity index is 837. The fourth-order valence-corrected chi connectivity index (χ4v) is 4.34. The first-order valence-corrected chi connectivity index (χ1v) is 10.6. The molecule has 0 saturated carbocycles. The van der Waals surface area contributed by atoms with Gasteiger partial charge in [0, 0.05) is 19.6 Å². The Hall–Kier alpha value is -2.54. The lowest BCUT2D eigenvalue weighted by Crippen LogP contribution is -2.45. The van der Waals surface area contributed by atoms with Crippen LogP contribution in [-0.2, 0) is 11.2 Å². The summed E-state index contributed by atoms with van der Waals surface area (Å²) in [5, 5.41) is 4.93. The third-order valence-electron chi connectivity index (χ3n) is 5.13. The fraction of sp³-hybridized carbons (Fsp3) is 0.429. The van der Waals surface area contributed by atoms with Crippen LogP contribution in [0.3, 0.4) is 0 Å². The molecule has 2 aliphatic heterocycles. The molecule has 1 aromatic heterocycles. The van der Waals surface area contributed by atoms with Gasteiger partial charge >= 0.3 is 0 Å². The summed E-state index contributed by atoms with van der Waals surface area (Å²) in [5.74, 6) is 1.46. The Kier molecular flexibility index (Phi) is 5.81. The van der Waals surface area contributed by atoms with Crippen molar-refractivity contribution < 1.29 is 19.1 Å². The summed E-state index contributed by atoms with van der Waals surface area (Å²) in [6.07, 6.45) is 2.41. The maximum Gasteiger partial charge on any atom is 0.263 e. The van der Waals surface area contributed by atoms with E-state index in [4.69, 9.17) is 9.47 Å². The number of hydrogen-bond donors (Lipinski definition) is 1. The van der Waals surface area contributed by atoms with E-state index in [9.17, 15) is 9.59 Å². The third-order valence-corrected chi connectivity index (χ3v) is 5.99. The number of likely N-dealkylation sites (tertiary alicyclic amines) is 1. The fourth-order valence-electron chi connectivity index (χ4n) is 3.65. The van der Waals surface area contributed by atoms with E-state index in [1.807, 2.05) is 35.7 Å². The molecule has 0 aliphatic carbocycles. The van der Waals surface area contributed by atoms with Gasteiger partial charge in [-0.2, -0.15) is 0 Å². The average Bonchev–Trinajstić information content (AvgIpc) is 3.28. The van der Waals surface area contributed by atoms with Gasteiger partial charge in [0.1, 0.15) is 13.2 Å². The van der Waals surface area contributed by atoms with E-state index in [-0.39, 0.29) is 17.7 Å². The number of carbonyl (C=O) groups excluding carboxylic acids is 2. The number of amides is 2. The molecule has 0 spiro atoms. The minimum Gasteiger partial charge on any atom is -0.486 e. The Morgan fingerprint density at radius 3 is 2.86 bits per heavy atom. The minimum absolute atomic E-state index is 0.0289. The van der Waals surface area contributed by atoms with Crippen LogP contribution in [0.25, 0.3) is 0 Å². The lowest BCUT2D eigenvalue weighted by Gasteiger charge is -2.31. The van der Waals surface area contributed by atoms with E-state index in [1.54, 1.807) is 4.90 Å². The lowest BCUT2D eigenvalue weighted by atomic mass is 9.97. The van der Waals surface area contributed by atoms with Crippen LogP contribution in [0.1, 0.15) is 28.1 Å². The maximum absolute atomic E-state index is 12.6. The molecule has 6 nitrogen and oxygen atoms in total. The molecular formula is C21H24N2O4S. The highest BCUT2D eigenvalue weighted by Gasteiger charge is 2.29. The molecule has 0 bridgehead atoms. The van der Waals surface area contributed by atoms with E-state index in [2.05, 4.69) is 5.32 Å². The van der Waals surface area contributed by atoms with Crippen molar-refractivity contribution in [2.24, 2.45) is 5.92 Å². The van der Waals surface area contributed by atoms with Gasteiger partial charge < -0.3 is 19.7 Å². The SMILES string of the molecule is O=C(NCCc1ccc2c(c1)OCCO2)C1CCCN(C(=O)c2cccs2)C1. The molecule has 1 aromatic carbocycles. The van der Waals surface area contributed by atoms with E-state index in [0.717, 1.165) is 47.7 Å². The van der Waals surface area contributed by atoms with Crippen LogP contribution in [0.2, 0.25) is 0 Å². The molecule has 4 rings (SSSR count). The average molecular weight is 401 g/mol. The number of ether oxygens (including phenoxy) is 2. The Labute approximate surface area is 168 Å². The number of carbonyl (C=O) groups is 2. The lowest BCUT2D eigenvalue weighted by molar-refractivity contribution is -0.126. The maximum atomic E-state index is 12.6. The van der Waals surface area contributed by atoms with Crippen molar-refractivity contribution in [3.05, 3.63) is 46.2 Å². The number of nitrogens with zero attached hydrogens (tertiary/aromatic N) is 1. The molecule has 1 unspecified atom stereocenters. The molecule has 2 aliphatic rings. The van der Waals surface area contributed by atoms with E-state index in [0.29, 0.717) is 26.3 Å². The number of hydrogen-bond acceptors (Lipinski definition) is 5. The molecule has 0 radical (unpaired) electrons. The van der Waals surface area contributed by atoms with Crippen molar-refractivity contribution in [3.63, 3.8) is 0 Å². The molecule has 2 amide bonds. The van der Waals surface area contributed by atoms with Crippen LogP contribution in [0.5, 0.6) is 11.5 Å². The summed E-state index contributed by atoms with van der Waals surface area (Å²) in [6, 6.07) is 9.61. The topological polar surface area (TPSA) is 67.9 Å². The predicted molar refractivity (Wildman–Crippen MR) is 107 cm³/mol. The molecule has 148 valence electrons. The normalized spacial score (nSPS) is 18.6. The standard InChI is InChI=1S/C21H24N2O4S/c24-20(16-3-1-9-23(14-16)21(25)19-4-2-12-28-19)22-8-7-15-5-6-17-18(13-15)27-11-10-26-17/h2,4-6,12-13,16H,1,3,7-11,14H2,(H,22,24). The van der Waals surface area contributed by atoms with Crippen molar-refractivity contribution >= 4 is 23.2 Å². The van der Waals surface area contributed by atoms with Crippen LogP contribution >= 0.6 is 11.3 Å². The van der Waals surface area contributed by atoms with Gasteiger partial charge in [-0.05, 0) is 48.4 Å². The zero-order chi connectivity index (χ0) is 19.3. The van der Waals surface area contributed by atoms with Gasteiger partial charge in [-0.1, -0.05) is 12.1 Å². The molecular weight excluding hydrogens is 376 g/mol. The Balaban J connectivity index is 1.27. The van der Waals surface area contributed by atoms with Crippen molar-refractivity contribution in [2.75, 3.05) is 32.8 Å². The predicted octanol–water partition coefficient (Wildman–Crippen LogP) is 2.73. The molecule has 1 saturated heterocycles. The summed E-state index contributed by atoms with van der Waals surface area (Å²) in [5.41, 5.74) is 1.10. The molecule has 3 heterocycles. The monoisotopic (exact) mass is 400 g/mol. The first kappa shape index (κ1) is 18.8. The minimum atomic E-state index is -0.141. The highest BCUT2D eigenvalue weighted by molar-refractivity contribution is 7.12. The second-order valence-corrected chi connectivity index (χ2v) is 8.03. The summed E-state index contributed by atoms with van der Waals surface area (Å²) >= 11 is 1.44. The second-order valence-electron chi connectivity index (χ2n) is 7.09. The van der Waals surface area contributed by atoms with Gasteiger partial charge in [0.15, 0.2) is 11.5 Å². The van der Waals surface area contributed by atoms with Crippen LogP contribution in [0, 0.1) is 5.92 Å². The van der Waals surface area contributed by atoms with Crippen molar-refractivity contribution in [1.82, 2.24) is 10.2 Å². The number of rotatable bonds is 5. The molecule has 1 N–H and O–H groups in total. The number of nitrogens with one attached hydrogen (secondary N) is 1. The number of piperidine rings is 1. The second kappa shape index (κ2) is 8.65. The number of thiophene rings is 1. The van der Waals surface area contributed by atoms with Crippen LogP contribution in [0.4, 0.5) is 0 Å². The third kappa shape index (κ3) is 4.30. The molecule has 7 heteroatoms. The molecule has 28 heavy (non-hydrogen) atoms. The van der Waals surface area contributed by atoms with Crippen molar-refractivity contribution in [2.45, 2.75) is 19.3 Å². The summed E-state index contributed by atoms with van der Waals surface area (Å²) in [7, 11) is 0. The first-order valence-electron chi connectivity index (χ1n) is 9.70. The molecule has 1 atom stereocenters. The van der Waals surface area contributed by atoms with Gasteiger partial charge in [0.2, 0.25) is 5.91 Å². The van der Waals surface area contributed by atoms with Gasteiger partial charge in [0.25, 0.3) is 5.91 Å².